The van der Waals surface area contributed by atoms with E-state index in [9.17, 15) is 0 Å². The molecule has 0 amide bonds. The molecule has 0 heterocycles. The van der Waals surface area contributed by atoms with Crippen LogP contribution in [-0.2, 0) is 0 Å². The molecule has 2 aromatic rings. The summed E-state index contributed by atoms with van der Waals surface area (Å²) in [6.45, 7) is 2.00. The molecule has 0 fully saturated rings. The first-order valence-electron chi connectivity index (χ1n) is 5.21. The molecule has 2 aromatic carbocycles. The predicted molar refractivity (Wildman–Crippen MR) is 72.4 cm³/mol. The van der Waals surface area contributed by atoms with Crippen molar-refractivity contribution in [2.24, 2.45) is 4.99 Å². The van der Waals surface area contributed by atoms with Crippen molar-refractivity contribution in [2.75, 3.05) is 0 Å². The molecule has 0 aliphatic carbocycles. The monoisotopic (exact) mass is 241 g/mol. The number of hydrogen-bond acceptors (Lipinski definition) is 3. The van der Waals surface area contributed by atoms with Crippen LogP contribution in [0.25, 0.3) is 0 Å². The lowest BCUT2D eigenvalue weighted by Crippen LogP contribution is -1.87. The molecule has 0 aromatic heterocycles. The van der Waals surface area contributed by atoms with Gasteiger partial charge in [0, 0.05) is 0 Å². The summed E-state index contributed by atoms with van der Waals surface area (Å²) in [7, 11) is 0. The van der Waals surface area contributed by atoms with E-state index in [2.05, 4.69) is 22.4 Å². The summed E-state index contributed by atoms with van der Waals surface area (Å²) in [5.74, 6) is 1.50. The fourth-order valence-electron chi connectivity index (χ4n) is 1.47. The second-order valence-electron chi connectivity index (χ2n) is 3.54. The van der Waals surface area contributed by atoms with Gasteiger partial charge in [-0.05, 0) is 42.9 Å². The van der Waals surface area contributed by atoms with E-state index in [1.54, 1.807) is 0 Å². The molecule has 0 N–H and O–H groups in total. The van der Waals surface area contributed by atoms with Crippen molar-refractivity contribution in [2.45, 2.75) is 6.92 Å². The van der Waals surface area contributed by atoms with Crippen molar-refractivity contribution in [3.05, 3.63) is 54.1 Å². The summed E-state index contributed by atoms with van der Waals surface area (Å²) in [5.41, 5.74) is 1.76. The molecular formula is C14H11NOS. The molecule has 17 heavy (non-hydrogen) atoms. The minimum Gasteiger partial charge on any atom is -0.455 e. The predicted octanol–water partition coefficient (Wildman–Crippen LogP) is 4.52. The summed E-state index contributed by atoms with van der Waals surface area (Å²) in [4.78, 5) is 3.97. The number of isothiocyanates is 1. The Labute approximate surface area is 106 Å². The number of benzene rings is 2. The van der Waals surface area contributed by atoms with E-state index in [1.165, 1.54) is 0 Å². The average molecular weight is 241 g/mol. The van der Waals surface area contributed by atoms with Gasteiger partial charge >= 0.3 is 0 Å². The summed E-state index contributed by atoms with van der Waals surface area (Å²) in [5, 5.41) is 2.35. The van der Waals surface area contributed by atoms with Gasteiger partial charge in [-0.15, -0.1) is 0 Å². The van der Waals surface area contributed by atoms with E-state index in [0.29, 0.717) is 11.4 Å². The molecule has 2 rings (SSSR count). The molecule has 84 valence electrons. The number of rotatable bonds is 3. The van der Waals surface area contributed by atoms with Crippen LogP contribution in [0.2, 0.25) is 0 Å². The number of ether oxygens (including phenoxy) is 1. The second-order valence-corrected chi connectivity index (χ2v) is 3.72. The zero-order valence-electron chi connectivity index (χ0n) is 9.38. The van der Waals surface area contributed by atoms with Crippen molar-refractivity contribution in [1.82, 2.24) is 0 Å². The molecule has 0 radical (unpaired) electrons. The zero-order valence-corrected chi connectivity index (χ0v) is 10.2. The van der Waals surface area contributed by atoms with Gasteiger partial charge in [-0.25, -0.2) is 0 Å². The van der Waals surface area contributed by atoms with Crippen LogP contribution in [0.3, 0.4) is 0 Å². The zero-order chi connectivity index (χ0) is 12.1. The van der Waals surface area contributed by atoms with Crippen molar-refractivity contribution in [1.29, 1.82) is 0 Å². The van der Waals surface area contributed by atoms with Crippen molar-refractivity contribution in [3.8, 4) is 11.5 Å². The molecule has 0 aliphatic rings. The van der Waals surface area contributed by atoms with Gasteiger partial charge in [0.15, 0.2) is 5.75 Å². The van der Waals surface area contributed by atoms with Gasteiger partial charge in [0.1, 0.15) is 11.4 Å². The summed E-state index contributed by atoms with van der Waals surface area (Å²) >= 11 is 4.61. The van der Waals surface area contributed by atoms with Crippen LogP contribution in [0.15, 0.2) is 53.5 Å². The molecule has 0 saturated heterocycles. The molecule has 0 atom stereocenters. The SMILES string of the molecule is Cc1ccccc1Oc1ccccc1N=C=S. The lowest BCUT2D eigenvalue weighted by atomic mass is 10.2. The van der Waals surface area contributed by atoms with Crippen LogP contribution in [0.4, 0.5) is 5.69 Å². The Balaban J connectivity index is 2.36. The Hall–Kier alpha value is -1.96. The van der Waals surface area contributed by atoms with Gasteiger partial charge in [-0.3, -0.25) is 0 Å². The summed E-state index contributed by atoms with van der Waals surface area (Å²) in [6.07, 6.45) is 0. The van der Waals surface area contributed by atoms with Gasteiger partial charge in [0.05, 0.1) is 5.16 Å². The smallest absolute Gasteiger partial charge is 0.153 e. The van der Waals surface area contributed by atoms with Crippen LogP contribution < -0.4 is 4.74 Å². The summed E-state index contributed by atoms with van der Waals surface area (Å²) < 4.78 is 5.81. The van der Waals surface area contributed by atoms with E-state index >= 15 is 0 Å². The topological polar surface area (TPSA) is 21.6 Å². The third-order valence-electron chi connectivity index (χ3n) is 2.34. The highest BCUT2D eigenvalue weighted by Crippen LogP contribution is 2.32. The van der Waals surface area contributed by atoms with Crippen molar-refractivity contribution >= 4 is 23.1 Å². The van der Waals surface area contributed by atoms with Crippen LogP contribution in [0.1, 0.15) is 5.56 Å². The number of thiocarbonyl (C=S) groups is 1. The normalized spacial score (nSPS) is 9.47. The number of para-hydroxylation sites is 3. The first-order valence-corrected chi connectivity index (χ1v) is 5.62. The lowest BCUT2D eigenvalue weighted by Gasteiger charge is -2.09. The maximum absolute atomic E-state index is 5.81. The summed E-state index contributed by atoms with van der Waals surface area (Å²) in [6, 6.07) is 15.3. The van der Waals surface area contributed by atoms with Crippen LogP contribution in [0.5, 0.6) is 11.5 Å². The number of aryl methyl sites for hydroxylation is 1. The molecular weight excluding hydrogens is 230 g/mol. The first kappa shape index (κ1) is 11.5. The van der Waals surface area contributed by atoms with Gasteiger partial charge in [-0.1, -0.05) is 30.3 Å². The third-order valence-corrected chi connectivity index (χ3v) is 2.44. The fraction of sp³-hybridized carbons (Fsp3) is 0.0714. The Morgan fingerprint density at radius 3 is 2.35 bits per heavy atom. The van der Waals surface area contributed by atoms with Gasteiger partial charge in [-0.2, -0.15) is 4.99 Å². The first-order chi connectivity index (χ1) is 8.31. The minimum atomic E-state index is 0.680. The maximum Gasteiger partial charge on any atom is 0.153 e. The fourth-order valence-corrected chi connectivity index (χ4v) is 1.57. The minimum absolute atomic E-state index is 0.680. The lowest BCUT2D eigenvalue weighted by molar-refractivity contribution is 0.480. The molecule has 0 bridgehead atoms. The van der Waals surface area contributed by atoms with Gasteiger partial charge in [0.25, 0.3) is 0 Å². The molecule has 0 aliphatic heterocycles. The van der Waals surface area contributed by atoms with E-state index in [-0.39, 0.29) is 0 Å². The van der Waals surface area contributed by atoms with Gasteiger partial charge < -0.3 is 4.74 Å². The Kier molecular flexibility index (Phi) is 3.66. The average Bonchev–Trinajstić information content (AvgIpc) is 2.35. The molecule has 0 unspecified atom stereocenters. The molecule has 0 spiro atoms. The van der Waals surface area contributed by atoms with Crippen LogP contribution >= 0.6 is 12.2 Å². The molecule has 3 heteroatoms. The second kappa shape index (κ2) is 5.39. The van der Waals surface area contributed by atoms with Gasteiger partial charge in [0.2, 0.25) is 0 Å². The molecule has 0 saturated carbocycles. The Bertz CT molecular complexity index is 574. The quantitative estimate of drug-likeness (QED) is 0.582. The van der Waals surface area contributed by atoms with E-state index in [4.69, 9.17) is 4.74 Å². The number of hydrogen-bond donors (Lipinski definition) is 0. The van der Waals surface area contributed by atoms with Crippen molar-refractivity contribution < 1.29 is 4.74 Å². The standard InChI is InChI=1S/C14H11NOS/c1-11-6-2-4-8-13(11)16-14-9-5-3-7-12(14)15-10-17/h2-9H,1H3. The van der Waals surface area contributed by atoms with E-state index < -0.39 is 0 Å². The van der Waals surface area contributed by atoms with Crippen LogP contribution in [-0.4, -0.2) is 5.16 Å². The highest BCUT2D eigenvalue weighted by atomic mass is 32.1. The third kappa shape index (κ3) is 2.78. The Morgan fingerprint density at radius 2 is 1.65 bits per heavy atom. The molecule has 2 nitrogen and oxygen atoms in total. The Morgan fingerprint density at radius 1 is 1.00 bits per heavy atom. The number of aliphatic imine (C=N–C) groups is 1. The van der Waals surface area contributed by atoms with Crippen LogP contribution in [0, 0.1) is 6.92 Å². The highest BCUT2D eigenvalue weighted by molar-refractivity contribution is 7.78. The largest absolute Gasteiger partial charge is 0.455 e. The van der Waals surface area contributed by atoms with E-state index in [0.717, 1.165) is 11.3 Å². The highest BCUT2D eigenvalue weighted by Gasteiger charge is 2.04. The maximum atomic E-state index is 5.81. The van der Waals surface area contributed by atoms with E-state index in [1.807, 2.05) is 55.5 Å². The van der Waals surface area contributed by atoms with Crippen molar-refractivity contribution in [3.63, 3.8) is 0 Å². The number of nitrogens with zero attached hydrogens (tertiary/aromatic N) is 1.